The Morgan fingerprint density at radius 1 is 1.31 bits per heavy atom. The van der Waals surface area contributed by atoms with E-state index in [4.69, 9.17) is 14.7 Å². The van der Waals surface area contributed by atoms with Crippen molar-refractivity contribution in [3.8, 4) is 17.6 Å². The summed E-state index contributed by atoms with van der Waals surface area (Å²) < 4.78 is 12.0. The minimum Gasteiger partial charge on any atom is -0.490 e. The van der Waals surface area contributed by atoms with Crippen molar-refractivity contribution < 1.29 is 9.47 Å². The summed E-state index contributed by atoms with van der Waals surface area (Å²) in [6, 6.07) is 5.84. The fourth-order valence-electron chi connectivity index (χ4n) is 1.47. The second-order valence-corrected chi connectivity index (χ2v) is 5.14. The van der Waals surface area contributed by atoms with Gasteiger partial charge in [-0.1, -0.05) is 15.9 Å². The molecule has 0 aliphatic carbocycles. The van der Waals surface area contributed by atoms with Crippen LogP contribution in [0.5, 0.6) is 11.5 Å². The second-order valence-electron chi connectivity index (χ2n) is 3.37. The number of nitriles is 1. The summed E-state index contributed by atoms with van der Waals surface area (Å²) in [6.07, 6.45) is 0.868. The van der Waals surface area contributed by atoms with Gasteiger partial charge >= 0.3 is 0 Å². The summed E-state index contributed by atoms with van der Waals surface area (Å²) in [5.41, 5.74) is 0.860. The lowest BCUT2D eigenvalue weighted by Gasteiger charge is -2.11. The number of benzene rings is 1. The van der Waals surface area contributed by atoms with Gasteiger partial charge in [0, 0.05) is 6.42 Å². The number of hydrogen-bond donors (Lipinski definition) is 0. The highest BCUT2D eigenvalue weighted by atomic mass is 79.9. The summed E-state index contributed by atoms with van der Waals surface area (Å²) in [4.78, 5) is -0.332. The maximum atomic E-state index is 8.85. The van der Waals surface area contributed by atoms with Gasteiger partial charge in [-0.25, -0.2) is 0 Å². The first-order valence-corrected chi connectivity index (χ1v) is 6.56. The fraction of sp³-hybridized carbons (Fsp3) is 0.364. The molecule has 0 bridgehead atoms. The Balaban J connectivity index is 2.44. The van der Waals surface area contributed by atoms with E-state index < -0.39 is 0 Å². The van der Waals surface area contributed by atoms with Crippen LogP contribution in [0.4, 0.5) is 0 Å². The van der Waals surface area contributed by atoms with Crippen LogP contribution in [-0.4, -0.2) is 13.2 Å². The highest BCUT2D eigenvalue weighted by Crippen LogP contribution is 2.40. The number of halogens is 2. The first-order valence-electron chi connectivity index (χ1n) is 4.85. The molecule has 0 N–H and O–H groups in total. The van der Waals surface area contributed by atoms with E-state index in [1.807, 2.05) is 12.1 Å². The van der Waals surface area contributed by atoms with Crippen LogP contribution >= 0.6 is 31.9 Å². The molecule has 84 valence electrons. The summed E-state index contributed by atoms with van der Waals surface area (Å²) in [6.45, 7) is 1.29. The molecule has 0 radical (unpaired) electrons. The van der Waals surface area contributed by atoms with Gasteiger partial charge < -0.3 is 9.47 Å². The molecule has 0 spiro atoms. The summed E-state index contributed by atoms with van der Waals surface area (Å²) in [5.74, 6) is 1.42. The van der Waals surface area contributed by atoms with Gasteiger partial charge in [-0.2, -0.15) is 5.26 Å². The molecule has 2 rings (SSSR count). The molecule has 0 amide bonds. The molecule has 1 aliphatic heterocycles. The van der Waals surface area contributed by atoms with E-state index >= 15 is 0 Å². The highest BCUT2D eigenvalue weighted by molar-refractivity contribution is 9.10. The summed E-state index contributed by atoms with van der Waals surface area (Å²) in [7, 11) is 0. The van der Waals surface area contributed by atoms with Gasteiger partial charge in [0.15, 0.2) is 11.5 Å². The van der Waals surface area contributed by atoms with Gasteiger partial charge in [-0.05, 0) is 33.6 Å². The van der Waals surface area contributed by atoms with E-state index in [9.17, 15) is 0 Å². The summed E-state index contributed by atoms with van der Waals surface area (Å²) >= 11 is 6.72. The molecular weight excluding hydrogens is 338 g/mol. The van der Waals surface area contributed by atoms with E-state index in [-0.39, 0.29) is 4.83 Å². The third-order valence-electron chi connectivity index (χ3n) is 2.23. The van der Waals surface area contributed by atoms with Gasteiger partial charge in [0.2, 0.25) is 0 Å². The Morgan fingerprint density at radius 3 is 2.81 bits per heavy atom. The number of nitrogens with zero attached hydrogens (tertiary/aromatic N) is 1. The molecule has 1 aromatic carbocycles. The Kier molecular flexibility index (Phi) is 3.72. The van der Waals surface area contributed by atoms with Gasteiger partial charge in [0.25, 0.3) is 0 Å². The fourth-order valence-corrected chi connectivity index (χ4v) is 2.31. The second kappa shape index (κ2) is 5.07. The molecule has 0 saturated heterocycles. The molecular formula is C11H9Br2NO2. The number of hydrogen-bond acceptors (Lipinski definition) is 3. The lowest BCUT2D eigenvalue weighted by Crippen LogP contribution is -1.97. The SMILES string of the molecule is N#CC(Br)c1cc(Br)c2c(c1)OCCCO2. The van der Waals surface area contributed by atoms with Crippen molar-refractivity contribution in [1.29, 1.82) is 5.26 Å². The molecule has 16 heavy (non-hydrogen) atoms. The summed E-state index contributed by atoms with van der Waals surface area (Å²) in [5, 5.41) is 8.85. The Labute approximate surface area is 111 Å². The van der Waals surface area contributed by atoms with E-state index in [0.29, 0.717) is 19.0 Å². The van der Waals surface area contributed by atoms with Crippen molar-refractivity contribution in [1.82, 2.24) is 0 Å². The molecule has 1 aliphatic rings. The topological polar surface area (TPSA) is 42.2 Å². The van der Waals surface area contributed by atoms with Crippen molar-refractivity contribution in [3.05, 3.63) is 22.2 Å². The molecule has 1 aromatic rings. The van der Waals surface area contributed by atoms with Crippen LogP contribution in [0, 0.1) is 11.3 Å². The first-order chi connectivity index (χ1) is 7.72. The monoisotopic (exact) mass is 345 g/mol. The number of rotatable bonds is 1. The maximum Gasteiger partial charge on any atom is 0.175 e. The van der Waals surface area contributed by atoms with Gasteiger partial charge in [-0.15, -0.1) is 0 Å². The van der Waals surface area contributed by atoms with Crippen LogP contribution in [-0.2, 0) is 0 Å². The average molecular weight is 347 g/mol. The predicted octanol–water partition coefficient (Wildman–Crippen LogP) is 3.57. The zero-order chi connectivity index (χ0) is 11.5. The number of ether oxygens (including phenoxy) is 2. The van der Waals surface area contributed by atoms with Crippen molar-refractivity contribution in [3.63, 3.8) is 0 Å². The quantitative estimate of drug-likeness (QED) is 0.730. The minimum absolute atomic E-state index is 0.332. The first kappa shape index (κ1) is 11.7. The van der Waals surface area contributed by atoms with Crippen molar-refractivity contribution in [2.45, 2.75) is 11.2 Å². The molecule has 0 aromatic heterocycles. The third-order valence-corrected chi connectivity index (χ3v) is 3.55. The van der Waals surface area contributed by atoms with E-state index in [1.165, 1.54) is 0 Å². The van der Waals surface area contributed by atoms with Gasteiger partial charge in [0.1, 0.15) is 4.83 Å². The molecule has 1 heterocycles. The van der Waals surface area contributed by atoms with E-state index in [2.05, 4.69) is 37.9 Å². The van der Waals surface area contributed by atoms with Crippen LogP contribution in [0.25, 0.3) is 0 Å². The molecule has 0 fully saturated rings. The van der Waals surface area contributed by atoms with Crippen molar-refractivity contribution in [2.75, 3.05) is 13.2 Å². The van der Waals surface area contributed by atoms with Crippen LogP contribution in [0.15, 0.2) is 16.6 Å². The van der Waals surface area contributed by atoms with Gasteiger partial charge in [-0.3, -0.25) is 0 Å². The molecule has 0 saturated carbocycles. The van der Waals surface area contributed by atoms with Crippen LogP contribution in [0.3, 0.4) is 0 Å². The zero-order valence-electron chi connectivity index (χ0n) is 8.37. The van der Waals surface area contributed by atoms with Crippen LogP contribution < -0.4 is 9.47 Å². The van der Waals surface area contributed by atoms with Gasteiger partial charge in [0.05, 0.1) is 23.8 Å². The van der Waals surface area contributed by atoms with Crippen molar-refractivity contribution in [2.24, 2.45) is 0 Å². The Hall–Kier alpha value is -0.730. The molecule has 3 nitrogen and oxygen atoms in total. The minimum atomic E-state index is -0.332. The Bertz CT molecular complexity index is 442. The highest BCUT2D eigenvalue weighted by Gasteiger charge is 2.17. The third kappa shape index (κ3) is 2.33. The largest absolute Gasteiger partial charge is 0.490 e. The predicted molar refractivity (Wildman–Crippen MR) is 67.0 cm³/mol. The van der Waals surface area contributed by atoms with Crippen molar-refractivity contribution >= 4 is 31.9 Å². The average Bonchev–Trinajstić information content (AvgIpc) is 2.53. The zero-order valence-corrected chi connectivity index (χ0v) is 11.5. The van der Waals surface area contributed by atoms with E-state index in [0.717, 1.165) is 22.2 Å². The maximum absolute atomic E-state index is 8.85. The molecule has 1 atom stereocenters. The number of alkyl halides is 1. The molecule has 1 unspecified atom stereocenters. The lowest BCUT2D eigenvalue weighted by molar-refractivity contribution is 0.296. The van der Waals surface area contributed by atoms with E-state index in [1.54, 1.807) is 0 Å². The standard InChI is InChI=1S/C11H9Br2NO2/c12-8-4-7(9(13)6-14)5-10-11(8)16-3-1-2-15-10/h4-5,9H,1-3H2. The van der Waals surface area contributed by atoms with Crippen LogP contribution in [0.2, 0.25) is 0 Å². The Morgan fingerprint density at radius 2 is 2.06 bits per heavy atom. The number of fused-ring (bicyclic) bond motifs is 1. The molecule has 5 heteroatoms. The normalized spacial score (nSPS) is 16.1. The van der Waals surface area contributed by atoms with Crippen LogP contribution in [0.1, 0.15) is 16.8 Å². The lowest BCUT2D eigenvalue weighted by atomic mass is 10.1. The smallest absolute Gasteiger partial charge is 0.175 e.